The van der Waals surface area contributed by atoms with E-state index in [2.05, 4.69) is 31.3 Å². The van der Waals surface area contributed by atoms with Crippen LogP contribution in [0.4, 0.5) is 0 Å². The van der Waals surface area contributed by atoms with Crippen molar-refractivity contribution in [3.05, 3.63) is 0 Å². The van der Waals surface area contributed by atoms with Crippen LogP contribution < -0.4 is 0 Å². The third-order valence-electron chi connectivity index (χ3n) is 2.81. The molecule has 1 rings (SSSR count). The largest absolute Gasteiger partial charge is 0.722 e. The van der Waals surface area contributed by atoms with E-state index in [9.17, 15) is 0 Å². The van der Waals surface area contributed by atoms with Crippen molar-refractivity contribution in [1.82, 2.24) is 0 Å². The van der Waals surface area contributed by atoms with Gasteiger partial charge in [0, 0.05) is 0 Å². The summed E-state index contributed by atoms with van der Waals surface area (Å²) in [6, 6.07) is 0. The minimum absolute atomic E-state index is 0.363. The van der Waals surface area contributed by atoms with Crippen LogP contribution in [-0.2, 0) is 14.0 Å². The van der Waals surface area contributed by atoms with Gasteiger partial charge in [-0.15, -0.1) is 0 Å². The lowest BCUT2D eigenvalue weighted by Gasteiger charge is -2.31. The first-order valence-electron chi connectivity index (χ1n) is 5.57. The fourth-order valence-electron chi connectivity index (χ4n) is 1.07. The van der Waals surface area contributed by atoms with Crippen molar-refractivity contribution in [2.75, 3.05) is 0 Å². The summed E-state index contributed by atoms with van der Waals surface area (Å²) < 4.78 is 16.6. The van der Waals surface area contributed by atoms with Gasteiger partial charge in [0.25, 0.3) is 0 Å². The zero-order valence-corrected chi connectivity index (χ0v) is 12.3. The van der Waals surface area contributed by atoms with Gasteiger partial charge in [-0.2, -0.15) is 0 Å². The third-order valence-corrected chi connectivity index (χ3v) is 3.66. The van der Waals surface area contributed by atoms with Gasteiger partial charge in [0.15, 0.2) is 0 Å². The SMILES string of the molecule is CC1(C)OB(OC#C[Si](C)(C)C)OC1(C)C. The van der Waals surface area contributed by atoms with Crippen molar-refractivity contribution in [3.63, 3.8) is 0 Å². The maximum absolute atomic E-state index is 5.65. The van der Waals surface area contributed by atoms with Gasteiger partial charge in [0.2, 0.25) is 0 Å². The van der Waals surface area contributed by atoms with E-state index in [4.69, 9.17) is 14.0 Å². The van der Waals surface area contributed by atoms with Gasteiger partial charge in [-0.25, -0.2) is 0 Å². The molecule has 0 amide bonds. The zero-order chi connectivity index (χ0) is 12.6. The van der Waals surface area contributed by atoms with Gasteiger partial charge < -0.3 is 14.0 Å². The molecule has 0 unspecified atom stereocenters. The van der Waals surface area contributed by atoms with Crippen LogP contribution in [-0.4, -0.2) is 26.6 Å². The summed E-state index contributed by atoms with van der Waals surface area (Å²) in [5.41, 5.74) is 2.38. The van der Waals surface area contributed by atoms with Crippen LogP contribution in [0.3, 0.4) is 0 Å². The average Bonchev–Trinajstić information content (AvgIpc) is 2.17. The minimum Gasteiger partial charge on any atom is -0.462 e. The summed E-state index contributed by atoms with van der Waals surface area (Å²) in [6.45, 7) is 14.4. The predicted molar refractivity (Wildman–Crippen MR) is 68.3 cm³/mol. The Balaban J connectivity index is 2.58. The molecule has 90 valence electrons. The molecule has 1 saturated heterocycles. The first kappa shape index (κ1) is 13.6. The van der Waals surface area contributed by atoms with Gasteiger partial charge in [0.1, 0.15) is 8.07 Å². The molecule has 1 aliphatic rings. The van der Waals surface area contributed by atoms with Crippen LogP contribution in [0.5, 0.6) is 0 Å². The standard InChI is InChI=1S/C11H21BO3Si/c1-10(2)11(3,4)15-12(14-10)13-8-9-16(5,6)7/h1-7H3. The van der Waals surface area contributed by atoms with E-state index in [-0.39, 0.29) is 11.2 Å². The van der Waals surface area contributed by atoms with Crippen molar-refractivity contribution >= 4 is 15.4 Å². The van der Waals surface area contributed by atoms with E-state index in [0.717, 1.165) is 0 Å². The van der Waals surface area contributed by atoms with Gasteiger partial charge in [-0.1, -0.05) is 25.2 Å². The third kappa shape index (κ3) is 3.28. The van der Waals surface area contributed by atoms with Crippen molar-refractivity contribution in [2.45, 2.75) is 58.5 Å². The van der Waals surface area contributed by atoms with Crippen molar-refractivity contribution < 1.29 is 14.0 Å². The lowest BCUT2D eigenvalue weighted by atomic mass is 9.90. The molecule has 16 heavy (non-hydrogen) atoms. The second-order valence-electron chi connectivity index (χ2n) is 6.14. The molecule has 0 aliphatic carbocycles. The molecule has 0 N–H and O–H groups in total. The van der Waals surface area contributed by atoms with E-state index in [0.29, 0.717) is 0 Å². The first-order chi connectivity index (χ1) is 7.04. The molecular formula is C11H21BO3Si. The van der Waals surface area contributed by atoms with E-state index in [1.165, 1.54) is 0 Å². The summed E-state index contributed by atoms with van der Waals surface area (Å²) in [5, 5.41) is 0. The van der Waals surface area contributed by atoms with E-state index in [1.807, 2.05) is 27.7 Å². The zero-order valence-electron chi connectivity index (χ0n) is 11.3. The summed E-state index contributed by atoms with van der Waals surface area (Å²) in [6.07, 6.45) is 2.70. The Morgan fingerprint density at radius 1 is 1.00 bits per heavy atom. The highest BCUT2D eigenvalue weighted by Crippen LogP contribution is 2.36. The van der Waals surface area contributed by atoms with Crippen molar-refractivity contribution in [3.8, 4) is 11.7 Å². The molecule has 1 aliphatic heterocycles. The monoisotopic (exact) mass is 240 g/mol. The van der Waals surface area contributed by atoms with E-state index < -0.39 is 15.4 Å². The molecule has 0 spiro atoms. The molecule has 0 atom stereocenters. The lowest BCUT2D eigenvalue weighted by molar-refractivity contribution is 0.00578. The molecule has 0 bridgehead atoms. The second kappa shape index (κ2) is 4.10. The first-order valence-corrected chi connectivity index (χ1v) is 9.07. The molecule has 3 nitrogen and oxygen atoms in total. The van der Waals surface area contributed by atoms with Crippen molar-refractivity contribution in [2.24, 2.45) is 0 Å². The Labute approximate surface area is 100 Å². The quantitative estimate of drug-likeness (QED) is 0.520. The summed E-state index contributed by atoms with van der Waals surface area (Å²) in [5.74, 6) is 0. The van der Waals surface area contributed by atoms with Crippen molar-refractivity contribution in [1.29, 1.82) is 0 Å². The maximum atomic E-state index is 5.65. The van der Waals surface area contributed by atoms with E-state index >= 15 is 0 Å². The number of rotatable bonds is 1. The normalized spacial score (nSPS) is 22.6. The molecule has 0 aromatic carbocycles. The smallest absolute Gasteiger partial charge is 0.462 e. The Morgan fingerprint density at radius 3 is 1.81 bits per heavy atom. The highest BCUT2D eigenvalue weighted by molar-refractivity contribution is 6.83. The van der Waals surface area contributed by atoms with Crippen LogP contribution in [0.2, 0.25) is 19.6 Å². The molecule has 0 aromatic rings. The Hall–Kier alpha value is -0.438. The Morgan fingerprint density at radius 2 is 1.44 bits per heavy atom. The predicted octanol–water partition coefficient (Wildman–Crippen LogP) is 2.43. The van der Waals surface area contributed by atoms with Crippen LogP contribution in [0.15, 0.2) is 0 Å². The molecule has 0 saturated carbocycles. The van der Waals surface area contributed by atoms with Gasteiger partial charge in [0.05, 0.1) is 17.3 Å². The second-order valence-corrected chi connectivity index (χ2v) is 10.9. The number of hydrogen-bond acceptors (Lipinski definition) is 3. The molecule has 1 heterocycles. The fourth-order valence-corrected chi connectivity index (χ4v) is 1.43. The molecule has 0 radical (unpaired) electrons. The average molecular weight is 240 g/mol. The Kier molecular flexibility index (Phi) is 3.49. The summed E-state index contributed by atoms with van der Waals surface area (Å²) in [7, 11) is -2.07. The highest BCUT2D eigenvalue weighted by atomic mass is 28.3. The highest BCUT2D eigenvalue weighted by Gasteiger charge is 2.54. The molecule has 5 heteroatoms. The maximum Gasteiger partial charge on any atom is 0.722 e. The summed E-state index contributed by atoms with van der Waals surface area (Å²) in [4.78, 5) is 0. The topological polar surface area (TPSA) is 27.7 Å². The van der Waals surface area contributed by atoms with Crippen LogP contribution >= 0.6 is 0 Å². The molecule has 1 fully saturated rings. The number of hydrogen-bond donors (Lipinski definition) is 0. The lowest BCUT2D eigenvalue weighted by Crippen LogP contribution is -2.41. The van der Waals surface area contributed by atoms with Gasteiger partial charge in [-0.3, -0.25) is 0 Å². The Bertz CT molecular complexity index is 306. The van der Waals surface area contributed by atoms with E-state index in [1.54, 1.807) is 0 Å². The van der Waals surface area contributed by atoms with Crippen LogP contribution in [0, 0.1) is 11.7 Å². The van der Waals surface area contributed by atoms with Crippen LogP contribution in [0.1, 0.15) is 27.7 Å². The van der Waals surface area contributed by atoms with Gasteiger partial charge in [-0.05, 0) is 27.7 Å². The molecule has 0 aromatic heterocycles. The van der Waals surface area contributed by atoms with Gasteiger partial charge >= 0.3 is 7.32 Å². The minimum atomic E-state index is -1.40. The van der Waals surface area contributed by atoms with Crippen LogP contribution in [0.25, 0.3) is 0 Å². The summed E-state index contributed by atoms with van der Waals surface area (Å²) >= 11 is 0. The fraction of sp³-hybridized carbons (Fsp3) is 0.818. The molecular weight excluding hydrogens is 219 g/mol.